The van der Waals surface area contributed by atoms with Crippen LogP contribution >= 0.6 is 0 Å². The number of methoxy groups -OCH3 is 1. The van der Waals surface area contributed by atoms with Gasteiger partial charge < -0.3 is 14.0 Å². The highest BCUT2D eigenvalue weighted by atomic mass is 16.6. The quantitative estimate of drug-likeness (QED) is 0.471. The highest BCUT2D eigenvalue weighted by Gasteiger charge is 2.17. The smallest absolute Gasteiger partial charge is 0.339 e. The van der Waals surface area contributed by atoms with Crippen LogP contribution in [-0.2, 0) is 11.3 Å². The fourth-order valence-electron chi connectivity index (χ4n) is 3.10. The van der Waals surface area contributed by atoms with Crippen LogP contribution in [0.2, 0.25) is 0 Å². The Morgan fingerprint density at radius 2 is 1.90 bits per heavy atom. The minimum atomic E-state index is -0.469. The minimum absolute atomic E-state index is 0.129. The van der Waals surface area contributed by atoms with E-state index in [1.165, 1.54) is 0 Å². The molecule has 2 aromatic carbocycles. The highest BCUT2D eigenvalue weighted by molar-refractivity contribution is 6.03. The van der Waals surface area contributed by atoms with E-state index < -0.39 is 5.97 Å². The van der Waals surface area contributed by atoms with Gasteiger partial charge in [0.25, 0.3) is 5.89 Å². The molecule has 7 heteroatoms. The van der Waals surface area contributed by atoms with Gasteiger partial charge in [-0.25, -0.2) is 4.79 Å². The summed E-state index contributed by atoms with van der Waals surface area (Å²) in [4.78, 5) is 21.5. The van der Waals surface area contributed by atoms with Crippen molar-refractivity contribution in [1.82, 2.24) is 15.1 Å². The zero-order chi connectivity index (χ0) is 20.4. The molecule has 0 aliphatic heterocycles. The number of ether oxygens (including phenoxy) is 2. The molecule has 0 radical (unpaired) electrons. The number of aromatic nitrogens is 3. The van der Waals surface area contributed by atoms with Gasteiger partial charge in [0.05, 0.1) is 23.8 Å². The van der Waals surface area contributed by atoms with Crippen LogP contribution in [0.1, 0.15) is 27.5 Å². The van der Waals surface area contributed by atoms with Crippen molar-refractivity contribution in [3.05, 3.63) is 71.2 Å². The van der Waals surface area contributed by atoms with E-state index in [9.17, 15) is 4.79 Å². The molecule has 146 valence electrons. The molecule has 0 aliphatic rings. The number of aryl methyl sites for hydroxylation is 2. The van der Waals surface area contributed by atoms with Crippen molar-refractivity contribution >= 4 is 16.9 Å². The summed E-state index contributed by atoms with van der Waals surface area (Å²) in [6.07, 6.45) is 0. The molecule has 2 heterocycles. The number of carbonyl (C=O) groups is 1. The summed E-state index contributed by atoms with van der Waals surface area (Å²) >= 11 is 0. The maximum Gasteiger partial charge on any atom is 0.339 e. The average Bonchev–Trinajstić information content (AvgIpc) is 3.20. The third-order valence-corrected chi connectivity index (χ3v) is 4.45. The fraction of sp³-hybridized carbons (Fsp3) is 0.182. The average molecular weight is 389 g/mol. The lowest BCUT2D eigenvalue weighted by Gasteiger charge is -2.08. The predicted octanol–water partition coefficient (Wildman–Crippen LogP) is 4.27. The second kappa shape index (κ2) is 7.71. The van der Waals surface area contributed by atoms with Gasteiger partial charge in [0, 0.05) is 11.1 Å². The van der Waals surface area contributed by atoms with E-state index in [1.807, 2.05) is 56.3 Å². The van der Waals surface area contributed by atoms with E-state index in [-0.39, 0.29) is 12.5 Å². The van der Waals surface area contributed by atoms with Crippen LogP contribution in [0, 0.1) is 13.8 Å². The van der Waals surface area contributed by atoms with Crippen LogP contribution in [0.25, 0.3) is 22.3 Å². The molecule has 0 saturated heterocycles. The normalized spacial score (nSPS) is 10.9. The van der Waals surface area contributed by atoms with Gasteiger partial charge in [-0.05, 0) is 44.2 Å². The van der Waals surface area contributed by atoms with Gasteiger partial charge in [0.1, 0.15) is 5.75 Å². The molecule has 0 saturated carbocycles. The zero-order valence-electron chi connectivity index (χ0n) is 16.3. The summed E-state index contributed by atoms with van der Waals surface area (Å²) in [5, 5.41) is 4.70. The lowest BCUT2D eigenvalue weighted by molar-refractivity contribution is 0.0432. The van der Waals surface area contributed by atoms with Crippen LogP contribution in [0.3, 0.4) is 0 Å². The predicted molar refractivity (Wildman–Crippen MR) is 107 cm³/mol. The molecule has 7 nitrogen and oxygen atoms in total. The Morgan fingerprint density at radius 1 is 1.07 bits per heavy atom. The summed E-state index contributed by atoms with van der Waals surface area (Å²) < 4.78 is 16.0. The Bertz CT molecular complexity index is 1200. The molecule has 29 heavy (non-hydrogen) atoms. The Labute approximate surface area is 167 Å². The lowest BCUT2D eigenvalue weighted by atomic mass is 10.1. The molecule has 0 spiro atoms. The van der Waals surface area contributed by atoms with Crippen LogP contribution in [-0.4, -0.2) is 28.2 Å². The number of esters is 1. The zero-order valence-corrected chi connectivity index (χ0v) is 16.3. The first-order chi connectivity index (χ1) is 14.0. The monoisotopic (exact) mass is 389 g/mol. The largest absolute Gasteiger partial charge is 0.496 e. The Balaban J connectivity index is 1.55. The second-order valence-corrected chi connectivity index (χ2v) is 6.62. The Hall–Kier alpha value is -3.74. The van der Waals surface area contributed by atoms with E-state index >= 15 is 0 Å². The summed E-state index contributed by atoms with van der Waals surface area (Å²) in [5.74, 6) is 0.730. The first-order valence-corrected chi connectivity index (χ1v) is 9.06. The third kappa shape index (κ3) is 3.80. The minimum Gasteiger partial charge on any atom is -0.496 e. The number of carbonyl (C=O) groups excluding carboxylic acids is 1. The van der Waals surface area contributed by atoms with Crippen molar-refractivity contribution in [3.63, 3.8) is 0 Å². The number of nitrogens with zero attached hydrogens (tertiary/aromatic N) is 3. The first-order valence-electron chi connectivity index (χ1n) is 9.06. The van der Waals surface area contributed by atoms with Crippen molar-refractivity contribution in [2.75, 3.05) is 7.11 Å². The molecule has 2 aromatic heterocycles. The number of hydrogen-bond donors (Lipinski definition) is 0. The van der Waals surface area contributed by atoms with Gasteiger partial charge in [-0.1, -0.05) is 28.9 Å². The van der Waals surface area contributed by atoms with E-state index in [4.69, 9.17) is 14.0 Å². The standard InChI is InChI=1S/C22H19N3O4/c1-13-8-9-18-16(10-13)17(11-14(2)23-18)22(26)28-12-20-24-21(25-29-20)15-6-4-5-7-19(15)27-3/h4-11H,12H2,1-3H3. The fourth-order valence-corrected chi connectivity index (χ4v) is 3.10. The number of fused-ring (bicyclic) bond motifs is 1. The Morgan fingerprint density at radius 3 is 2.72 bits per heavy atom. The molecule has 0 fully saturated rings. The van der Waals surface area contributed by atoms with E-state index in [0.29, 0.717) is 22.7 Å². The molecule has 0 N–H and O–H groups in total. The van der Waals surface area contributed by atoms with Crippen LogP contribution in [0.4, 0.5) is 0 Å². The van der Waals surface area contributed by atoms with Crippen LogP contribution in [0.5, 0.6) is 5.75 Å². The van der Waals surface area contributed by atoms with Gasteiger partial charge in [0.2, 0.25) is 5.82 Å². The molecule has 4 aromatic rings. The van der Waals surface area contributed by atoms with Crippen LogP contribution in [0.15, 0.2) is 53.1 Å². The third-order valence-electron chi connectivity index (χ3n) is 4.45. The molecular weight excluding hydrogens is 370 g/mol. The SMILES string of the molecule is COc1ccccc1-c1noc(COC(=O)c2cc(C)nc3ccc(C)cc23)n1. The molecule has 4 rings (SSSR count). The molecular formula is C22H19N3O4. The molecule has 0 unspecified atom stereocenters. The summed E-state index contributed by atoms with van der Waals surface area (Å²) in [7, 11) is 1.57. The van der Waals surface area contributed by atoms with Crippen molar-refractivity contribution in [3.8, 4) is 17.1 Å². The maximum atomic E-state index is 12.7. The number of pyridine rings is 1. The van der Waals surface area contributed by atoms with Crippen molar-refractivity contribution in [1.29, 1.82) is 0 Å². The van der Waals surface area contributed by atoms with Gasteiger partial charge >= 0.3 is 5.97 Å². The van der Waals surface area contributed by atoms with Gasteiger partial charge in [-0.3, -0.25) is 4.98 Å². The van der Waals surface area contributed by atoms with Crippen molar-refractivity contribution in [2.45, 2.75) is 20.5 Å². The maximum absolute atomic E-state index is 12.7. The second-order valence-electron chi connectivity index (χ2n) is 6.62. The van der Waals surface area contributed by atoms with Crippen LogP contribution < -0.4 is 4.74 Å². The summed E-state index contributed by atoms with van der Waals surface area (Å²) in [5.41, 5.74) is 3.68. The van der Waals surface area contributed by atoms with Crippen molar-refractivity contribution in [2.24, 2.45) is 0 Å². The van der Waals surface area contributed by atoms with E-state index in [1.54, 1.807) is 13.2 Å². The highest BCUT2D eigenvalue weighted by Crippen LogP contribution is 2.27. The summed E-state index contributed by atoms with van der Waals surface area (Å²) in [6.45, 7) is 3.68. The molecule has 0 amide bonds. The van der Waals surface area contributed by atoms with E-state index in [2.05, 4.69) is 15.1 Å². The summed E-state index contributed by atoms with van der Waals surface area (Å²) in [6, 6.07) is 14.8. The van der Waals surface area contributed by atoms with E-state index in [0.717, 1.165) is 22.2 Å². The number of benzene rings is 2. The van der Waals surface area contributed by atoms with Gasteiger partial charge in [0.15, 0.2) is 6.61 Å². The number of para-hydroxylation sites is 1. The molecule has 0 aliphatic carbocycles. The number of hydrogen-bond acceptors (Lipinski definition) is 7. The molecule has 0 bridgehead atoms. The lowest BCUT2D eigenvalue weighted by Crippen LogP contribution is -2.07. The molecule has 0 atom stereocenters. The Kier molecular flexibility index (Phi) is 4.95. The topological polar surface area (TPSA) is 87.3 Å². The van der Waals surface area contributed by atoms with Gasteiger partial charge in [-0.2, -0.15) is 4.98 Å². The van der Waals surface area contributed by atoms with Crippen molar-refractivity contribution < 1.29 is 18.8 Å². The number of rotatable bonds is 5. The first kappa shape index (κ1) is 18.6. The van der Waals surface area contributed by atoms with Gasteiger partial charge in [-0.15, -0.1) is 0 Å².